The number of amides is 1. The van der Waals surface area contributed by atoms with E-state index in [4.69, 9.17) is 0 Å². The Kier molecular flexibility index (Phi) is 6.25. The van der Waals surface area contributed by atoms with E-state index in [9.17, 15) is 9.90 Å². The zero-order chi connectivity index (χ0) is 21.1. The summed E-state index contributed by atoms with van der Waals surface area (Å²) in [5.41, 5.74) is 4.73. The Balaban J connectivity index is 1.39. The molecule has 2 aliphatic rings. The Morgan fingerprint density at radius 1 is 1.20 bits per heavy atom. The number of carbonyl (C=O) groups is 1. The fourth-order valence-corrected chi connectivity index (χ4v) is 4.96. The van der Waals surface area contributed by atoms with Gasteiger partial charge in [0, 0.05) is 30.9 Å². The van der Waals surface area contributed by atoms with Crippen molar-refractivity contribution in [1.82, 2.24) is 20.0 Å². The SMILES string of the molecule is Cc1ccc(C(=O)N2CCCC(O)(CN(C)Cc3n[nH]c4c3CCCCC4)C2)cc1. The number of likely N-dealkylation sites (tertiary alicyclic amines) is 1. The number of nitrogens with one attached hydrogen (secondary N) is 1. The number of aromatic amines is 1. The number of likely N-dealkylation sites (N-methyl/N-ethyl adjacent to an activating group) is 1. The van der Waals surface area contributed by atoms with Gasteiger partial charge in [-0.3, -0.25) is 14.8 Å². The lowest BCUT2D eigenvalue weighted by Crippen LogP contribution is -2.55. The van der Waals surface area contributed by atoms with Crippen molar-refractivity contribution in [1.29, 1.82) is 0 Å². The van der Waals surface area contributed by atoms with Crippen LogP contribution in [0.3, 0.4) is 0 Å². The van der Waals surface area contributed by atoms with Crippen LogP contribution in [0, 0.1) is 6.92 Å². The molecule has 2 heterocycles. The Hall–Kier alpha value is -2.18. The summed E-state index contributed by atoms with van der Waals surface area (Å²) in [5, 5.41) is 19.1. The van der Waals surface area contributed by atoms with Crippen LogP contribution in [0.2, 0.25) is 0 Å². The van der Waals surface area contributed by atoms with Gasteiger partial charge >= 0.3 is 0 Å². The second-order valence-electron chi connectivity index (χ2n) is 9.28. The molecule has 30 heavy (non-hydrogen) atoms. The summed E-state index contributed by atoms with van der Waals surface area (Å²) in [7, 11) is 2.04. The van der Waals surface area contributed by atoms with Crippen molar-refractivity contribution in [3.05, 3.63) is 52.3 Å². The van der Waals surface area contributed by atoms with Crippen LogP contribution >= 0.6 is 0 Å². The van der Waals surface area contributed by atoms with E-state index < -0.39 is 5.60 Å². The maximum Gasteiger partial charge on any atom is 0.253 e. The van der Waals surface area contributed by atoms with Gasteiger partial charge in [-0.2, -0.15) is 5.10 Å². The lowest BCUT2D eigenvalue weighted by Gasteiger charge is -2.41. The van der Waals surface area contributed by atoms with Crippen molar-refractivity contribution >= 4 is 5.91 Å². The smallest absolute Gasteiger partial charge is 0.253 e. The standard InChI is InChI=1S/C24H34N4O2/c1-18-9-11-19(12-10-18)23(29)28-14-6-13-24(30,17-28)16-27(2)15-22-20-7-4-3-5-8-21(20)25-26-22/h9-12,30H,3-8,13-17H2,1-2H3,(H,25,26). The van der Waals surface area contributed by atoms with Gasteiger partial charge in [-0.05, 0) is 70.2 Å². The molecule has 162 valence electrons. The summed E-state index contributed by atoms with van der Waals surface area (Å²) < 4.78 is 0. The number of nitrogens with zero attached hydrogens (tertiary/aromatic N) is 3. The van der Waals surface area contributed by atoms with E-state index in [0.29, 0.717) is 31.6 Å². The molecule has 1 amide bonds. The molecular formula is C24H34N4O2. The maximum atomic E-state index is 12.9. The molecule has 1 atom stereocenters. The topological polar surface area (TPSA) is 72.5 Å². The van der Waals surface area contributed by atoms with Crippen LogP contribution in [-0.2, 0) is 19.4 Å². The number of hydrogen-bond acceptors (Lipinski definition) is 4. The van der Waals surface area contributed by atoms with Gasteiger partial charge < -0.3 is 10.0 Å². The van der Waals surface area contributed by atoms with E-state index >= 15 is 0 Å². The third kappa shape index (κ3) is 4.76. The first-order valence-electron chi connectivity index (χ1n) is 11.3. The molecule has 2 aromatic rings. The monoisotopic (exact) mass is 410 g/mol. The second-order valence-corrected chi connectivity index (χ2v) is 9.28. The molecule has 0 saturated carbocycles. The summed E-state index contributed by atoms with van der Waals surface area (Å²) in [5.74, 6) is 0.00778. The van der Waals surface area contributed by atoms with Gasteiger partial charge in [-0.15, -0.1) is 0 Å². The highest BCUT2D eigenvalue weighted by molar-refractivity contribution is 5.94. The molecule has 1 fully saturated rings. The highest BCUT2D eigenvalue weighted by atomic mass is 16.3. The summed E-state index contributed by atoms with van der Waals surface area (Å²) in [4.78, 5) is 16.9. The van der Waals surface area contributed by atoms with E-state index in [1.165, 1.54) is 30.5 Å². The van der Waals surface area contributed by atoms with Crippen LogP contribution in [0.15, 0.2) is 24.3 Å². The largest absolute Gasteiger partial charge is 0.387 e. The van der Waals surface area contributed by atoms with Crippen LogP contribution in [0.1, 0.15) is 65.0 Å². The van der Waals surface area contributed by atoms with Crippen LogP contribution < -0.4 is 0 Å². The number of fused-ring (bicyclic) bond motifs is 1. The molecule has 0 bridgehead atoms. The molecule has 4 rings (SSSR count). The first-order chi connectivity index (χ1) is 14.4. The van der Waals surface area contributed by atoms with Gasteiger partial charge in [0.1, 0.15) is 0 Å². The second kappa shape index (κ2) is 8.90. The minimum Gasteiger partial charge on any atom is -0.387 e. The summed E-state index contributed by atoms with van der Waals surface area (Å²) >= 11 is 0. The fraction of sp³-hybridized carbons (Fsp3) is 0.583. The van der Waals surface area contributed by atoms with Crippen molar-refractivity contribution in [3.63, 3.8) is 0 Å². The number of aromatic nitrogens is 2. The van der Waals surface area contributed by atoms with Crippen molar-refractivity contribution in [2.24, 2.45) is 0 Å². The van der Waals surface area contributed by atoms with Crippen LogP contribution in [0.4, 0.5) is 0 Å². The van der Waals surface area contributed by atoms with E-state index in [1.54, 1.807) is 0 Å². The number of hydrogen-bond donors (Lipinski definition) is 2. The Morgan fingerprint density at radius 3 is 2.77 bits per heavy atom. The predicted octanol–water partition coefficient (Wildman–Crippen LogP) is 3.09. The zero-order valence-corrected chi connectivity index (χ0v) is 18.3. The van der Waals surface area contributed by atoms with E-state index in [-0.39, 0.29) is 5.91 Å². The molecule has 2 N–H and O–H groups in total. The fourth-order valence-electron chi connectivity index (χ4n) is 4.96. The van der Waals surface area contributed by atoms with Crippen molar-refractivity contribution in [2.45, 2.75) is 64.0 Å². The predicted molar refractivity (Wildman–Crippen MR) is 117 cm³/mol. The Morgan fingerprint density at radius 2 is 1.97 bits per heavy atom. The van der Waals surface area contributed by atoms with Crippen LogP contribution in [0.25, 0.3) is 0 Å². The maximum absolute atomic E-state index is 12.9. The molecule has 1 aliphatic heterocycles. The lowest BCUT2D eigenvalue weighted by atomic mass is 9.91. The molecule has 1 unspecified atom stereocenters. The molecule has 1 saturated heterocycles. The first kappa shape index (κ1) is 21.1. The average Bonchev–Trinajstić information content (AvgIpc) is 2.94. The normalized spacial score (nSPS) is 22.1. The van der Waals surface area contributed by atoms with Gasteiger partial charge in [-0.25, -0.2) is 0 Å². The lowest BCUT2D eigenvalue weighted by molar-refractivity contribution is -0.0440. The molecular weight excluding hydrogens is 376 g/mol. The third-order valence-corrected chi connectivity index (χ3v) is 6.52. The molecule has 6 nitrogen and oxygen atoms in total. The summed E-state index contributed by atoms with van der Waals surface area (Å²) in [6.45, 7) is 4.35. The average molecular weight is 411 g/mol. The highest BCUT2D eigenvalue weighted by Crippen LogP contribution is 2.26. The minimum atomic E-state index is -0.888. The van der Waals surface area contributed by atoms with E-state index in [1.807, 2.05) is 43.1 Å². The van der Waals surface area contributed by atoms with Crippen LogP contribution in [0.5, 0.6) is 0 Å². The van der Waals surface area contributed by atoms with Crippen LogP contribution in [-0.4, -0.2) is 63.3 Å². The number of aliphatic hydroxyl groups is 1. The summed E-state index contributed by atoms with van der Waals surface area (Å²) in [6.07, 6.45) is 7.46. The number of carbonyl (C=O) groups excluding carboxylic acids is 1. The van der Waals surface area contributed by atoms with Gasteiger partial charge in [0.2, 0.25) is 0 Å². The van der Waals surface area contributed by atoms with Crippen molar-refractivity contribution in [2.75, 3.05) is 26.7 Å². The van der Waals surface area contributed by atoms with Crippen molar-refractivity contribution < 1.29 is 9.90 Å². The van der Waals surface area contributed by atoms with Gasteiger partial charge in [0.25, 0.3) is 5.91 Å². The highest BCUT2D eigenvalue weighted by Gasteiger charge is 2.36. The van der Waals surface area contributed by atoms with Gasteiger partial charge in [0.15, 0.2) is 0 Å². The first-order valence-corrected chi connectivity index (χ1v) is 11.3. The number of rotatable bonds is 5. The Bertz CT molecular complexity index is 876. The molecule has 1 aromatic carbocycles. The van der Waals surface area contributed by atoms with Gasteiger partial charge in [-0.1, -0.05) is 24.1 Å². The van der Waals surface area contributed by atoms with Gasteiger partial charge in [0.05, 0.1) is 17.8 Å². The zero-order valence-electron chi connectivity index (χ0n) is 18.3. The molecule has 0 radical (unpaired) electrons. The molecule has 0 spiro atoms. The number of aryl methyl sites for hydroxylation is 2. The molecule has 1 aliphatic carbocycles. The molecule has 6 heteroatoms. The number of benzene rings is 1. The molecule has 1 aromatic heterocycles. The number of piperidine rings is 1. The quantitative estimate of drug-likeness (QED) is 0.743. The minimum absolute atomic E-state index is 0.00778. The van der Waals surface area contributed by atoms with E-state index in [0.717, 1.165) is 37.1 Å². The van der Waals surface area contributed by atoms with E-state index in [2.05, 4.69) is 15.1 Å². The number of H-pyrrole nitrogens is 1. The third-order valence-electron chi connectivity index (χ3n) is 6.52. The number of β-amino-alcohol motifs (C(OH)–C–C–N with tert-alkyl or cyclic N) is 1. The Labute approximate surface area is 179 Å². The van der Waals surface area contributed by atoms with Crippen molar-refractivity contribution in [3.8, 4) is 0 Å². The summed E-state index contributed by atoms with van der Waals surface area (Å²) in [6, 6.07) is 7.68.